The van der Waals surface area contributed by atoms with Crippen LogP contribution in [0.3, 0.4) is 0 Å². The van der Waals surface area contributed by atoms with Gasteiger partial charge in [-0.2, -0.15) is 0 Å². The monoisotopic (exact) mass is 268 g/mol. The highest BCUT2D eigenvalue weighted by atomic mass is 16.5. The van der Waals surface area contributed by atoms with E-state index in [2.05, 4.69) is 16.9 Å². The smallest absolute Gasteiger partial charge is 0.237 e. The van der Waals surface area contributed by atoms with Gasteiger partial charge in [-0.3, -0.25) is 4.98 Å². The summed E-state index contributed by atoms with van der Waals surface area (Å²) >= 11 is 0. The summed E-state index contributed by atoms with van der Waals surface area (Å²) in [4.78, 5) is 8.48. The molecular formula is C16H16N2O2. The second-order valence-corrected chi connectivity index (χ2v) is 5.75. The first-order chi connectivity index (χ1) is 9.68. The lowest BCUT2D eigenvalue weighted by Gasteiger charge is -2.13. The number of hydrogen-bond donors (Lipinski definition) is 0. The third kappa shape index (κ3) is 1.68. The summed E-state index contributed by atoms with van der Waals surface area (Å²) < 4.78 is 11.8. The minimum atomic E-state index is 0.189. The average molecular weight is 268 g/mol. The van der Waals surface area contributed by atoms with E-state index in [1.54, 1.807) is 12.4 Å². The second-order valence-electron chi connectivity index (χ2n) is 5.75. The van der Waals surface area contributed by atoms with Crippen molar-refractivity contribution in [1.82, 2.24) is 9.97 Å². The van der Waals surface area contributed by atoms with Gasteiger partial charge in [0, 0.05) is 11.0 Å². The topological polar surface area (TPSA) is 44.2 Å². The van der Waals surface area contributed by atoms with E-state index in [9.17, 15) is 0 Å². The molecule has 1 saturated carbocycles. The van der Waals surface area contributed by atoms with Crippen molar-refractivity contribution in [1.29, 1.82) is 0 Å². The highest BCUT2D eigenvalue weighted by molar-refractivity contribution is 5.59. The van der Waals surface area contributed by atoms with E-state index < -0.39 is 0 Å². The molecule has 4 heteroatoms. The van der Waals surface area contributed by atoms with Crippen molar-refractivity contribution in [3.05, 3.63) is 41.3 Å². The minimum Gasteiger partial charge on any atom is -0.492 e. The fourth-order valence-electron chi connectivity index (χ4n) is 2.82. The maximum absolute atomic E-state index is 5.95. The number of ether oxygens (including phenoxy) is 2. The van der Waals surface area contributed by atoms with Crippen LogP contribution in [0.1, 0.15) is 29.7 Å². The Balaban J connectivity index is 1.76. The molecule has 102 valence electrons. The first-order valence-corrected chi connectivity index (χ1v) is 6.91. The summed E-state index contributed by atoms with van der Waals surface area (Å²) in [5.41, 5.74) is 3.47. The van der Waals surface area contributed by atoms with Crippen molar-refractivity contribution in [3.8, 4) is 17.4 Å². The van der Waals surface area contributed by atoms with E-state index in [0.717, 1.165) is 23.8 Å². The average Bonchev–Trinajstić information content (AvgIpc) is 3.11. The molecule has 1 spiro atoms. The maximum Gasteiger partial charge on any atom is 0.237 e. The molecule has 0 atom stereocenters. The lowest BCUT2D eigenvalue weighted by Crippen LogP contribution is -2.08. The Hall–Kier alpha value is -2.10. The van der Waals surface area contributed by atoms with E-state index in [1.807, 2.05) is 19.1 Å². The predicted molar refractivity (Wildman–Crippen MR) is 74.4 cm³/mol. The number of rotatable bonds is 2. The van der Waals surface area contributed by atoms with Gasteiger partial charge < -0.3 is 9.47 Å². The van der Waals surface area contributed by atoms with Gasteiger partial charge in [-0.05, 0) is 38.3 Å². The van der Waals surface area contributed by atoms with Gasteiger partial charge in [0.15, 0.2) is 0 Å². The molecule has 1 aliphatic heterocycles. The lowest BCUT2D eigenvalue weighted by molar-refractivity contribution is 0.322. The summed E-state index contributed by atoms with van der Waals surface area (Å²) in [7, 11) is 0. The Morgan fingerprint density at radius 2 is 2.00 bits per heavy atom. The molecule has 1 fully saturated rings. The molecule has 20 heavy (non-hydrogen) atoms. The van der Waals surface area contributed by atoms with Gasteiger partial charge in [-0.1, -0.05) is 6.07 Å². The van der Waals surface area contributed by atoms with Crippen LogP contribution in [0.4, 0.5) is 0 Å². The zero-order valence-corrected chi connectivity index (χ0v) is 11.6. The summed E-state index contributed by atoms with van der Waals surface area (Å²) in [5, 5.41) is 0. The molecule has 4 rings (SSSR count). The molecule has 2 heterocycles. The highest BCUT2D eigenvalue weighted by Crippen LogP contribution is 2.59. The molecule has 2 aliphatic rings. The number of benzene rings is 1. The molecule has 1 aromatic carbocycles. The van der Waals surface area contributed by atoms with Gasteiger partial charge in [-0.25, -0.2) is 4.98 Å². The normalized spacial score (nSPS) is 17.7. The third-order valence-electron chi connectivity index (χ3n) is 4.16. The van der Waals surface area contributed by atoms with E-state index in [0.29, 0.717) is 5.88 Å². The first kappa shape index (κ1) is 11.7. The van der Waals surface area contributed by atoms with Crippen molar-refractivity contribution >= 4 is 0 Å². The van der Waals surface area contributed by atoms with Crippen LogP contribution in [0.2, 0.25) is 0 Å². The Kier molecular flexibility index (Phi) is 2.31. The molecule has 0 bridgehead atoms. The molecule has 1 aliphatic carbocycles. The first-order valence-electron chi connectivity index (χ1n) is 6.91. The zero-order chi connectivity index (χ0) is 13.7. The van der Waals surface area contributed by atoms with Crippen LogP contribution < -0.4 is 9.47 Å². The van der Waals surface area contributed by atoms with Crippen LogP contribution in [-0.2, 0) is 5.41 Å². The van der Waals surface area contributed by atoms with Crippen molar-refractivity contribution in [2.75, 3.05) is 6.61 Å². The van der Waals surface area contributed by atoms with Gasteiger partial charge >= 0.3 is 0 Å². The Labute approximate surface area is 117 Å². The number of fused-ring (bicyclic) bond motifs is 2. The molecule has 0 saturated heterocycles. The standard InChI is InChI=1S/C16H16N2O2/c1-10-3-4-12(20-13-8-17-11(2)7-18-13)14-15(10)19-9-16(14)5-6-16/h3-4,7-8H,5-6,9H2,1-2H3. The van der Waals surface area contributed by atoms with Crippen molar-refractivity contribution in [3.63, 3.8) is 0 Å². The van der Waals surface area contributed by atoms with Crippen molar-refractivity contribution < 1.29 is 9.47 Å². The van der Waals surface area contributed by atoms with Crippen LogP contribution in [0.15, 0.2) is 24.5 Å². The summed E-state index contributed by atoms with van der Waals surface area (Å²) in [6.07, 6.45) is 5.74. The van der Waals surface area contributed by atoms with Crippen LogP contribution in [-0.4, -0.2) is 16.6 Å². The molecular weight excluding hydrogens is 252 g/mol. The third-order valence-corrected chi connectivity index (χ3v) is 4.16. The van der Waals surface area contributed by atoms with Gasteiger partial charge in [0.1, 0.15) is 11.5 Å². The summed E-state index contributed by atoms with van der Waals surface area (Å²) in [5.74, 6) is 2.39. The molecule has 4 nitrogen and oxygen atoms in total. The number of aromatic nitrogens is 2. The van der Waals surface area contributed by atoms with Crippen LogP contribution >= 0.6 is 0 Å². The Morgan fingerprint density at radius 1 is 1.15 bits per heavy atom. The molecule has 0 amide bonds. The van der Waals surface area contributed by atoms with Crippen molar-refractivity contribution in [2.24, 2.45) is 0 Å². The molecule has 1 aromatic heterocycles. The molecule has 0 radical (unpaired) electrons. The zero-order valence-electron chi connectivity index (χ0n) is 11.6. The quantitative estimate of drug-likeness (QED) is 0.838. The van der Waals surface area contributed by atoms with E-state index >= 15 is 0 Å². The Bertz CT molecular complexity index is 676. The number of aryl methyl sites for hydroxylation is 2. The number of nitrogens with zero attached hydrogens (tertiary/aromatic N) is 2. The highest BCUT2D eigenvalue weighted by Gasteiger charge is 2.53. The summed E-state index contributed by atoms with van der Waals surface area (Å²) in [6.45, 7) is 4.77. The van der Waals surface area contributed by atoms with E-state index in [1.165, 1.54) is 24.0 Å². The molecule has 2 aromatic rings. The predicted octanol–water partition coefficient (Wildman–Crippen LogP) is 3.31. The SMILES string of the molecule is Cc1cnc(Oc2ccc(C)c3c2C2(CC2)CO3)cn1. The fraction of sp³-hybridized carbons (Fsp3) is 0.375. The van der Waals surface area contributed by atoms with E-state index in [-0.39, 0.29) is 5.41 Å². The lowest BCUT2D eigenvalue weighted by atomic mass is 9.95. The second kappa shape index (κ2) is 3.95. The fourth-order valence-corrected chi connectivity index (χ4v) is 2.82. The maximum atomic E-state index is 5.95. The van der Waals surface area contributed by atoms with Gasteiger partial charge in [0.2, 0.25) is 5.88 Å². The summed E-state index contributed by atoms with van der Waals surface area (Å²) in [6, 6.07) is 4.06. The Morgan fingerprint density at radius 3 is 2.70 bits per heavy atom. The minimum absolute atomic E-state index is 0.189. The van der Waals surface area contributed by atoms with Gasteiger partial charge in [0.25, 0.3) is 0 Å². The largest absolute Gasteiger partial charge is 0.492 e. The van der Waals surface area contributed by atoms with Gasteiger partial charge in [-0.15, -0.1) is 0 Å². The molecule has 0 unspecified atom stereocenters. The van der Waals surface area contributed by atoms with Crippen LogP contribution in [0.25, 0.3) is 0 Å². The van der Waals surface area contributed by atoms with Crippen LogP contribution in [0.5, 0.6) is 17.4 Å². The van der Waals surface area contributed by atoms with E-state index in [4.69, 9.17) is 9.47 Å². The van der Waals surface area contributed by atoms with Crippen molar-refractivity contribution in [2.45, 2.75) is 32.1 Å². The van der Waals surface area contributed by atoms with Gasteiger partial charge in [0.05, 0.1) is 24.7 Å². The van der Waals surface area contributed by atoms with Crippen LogP contribution in [0, 0.1) is 13.8 Å². The number of hydrogen-bond acceptors (Lipinski definition) is 4. The molecule has 0 N–H and O–H groups in total.